The number of aryl methyl sites for hydroxylation is 1. The molecular formula is C13H19O2. The van der Waals surface area contributed by atoms with Crippen LogP contribution in [-0.4, -0.2) is 18.8 Å². The van der Waals surface area contributed by atoms with Crippen molar-refractivity contribution in [3.8, 4) is 5.75 Å². The van der Waals surface area contributed by atoms with Gasteiger partial charge in [-0.3, -0.25) is 0 Å². The third kappa shape index (κ3) is 2.96. The monoisotopic (exact) mass is 207 g/mol. The summed E-state index contributed by atoms with van der Waals surface area (Å²) in [5.41, 5.74) is 2.28. The van der Waals surface area contributed by atoms with E-state index in [0.29, 0.717) is 0 Å². The molecule has 0 fully saturated rings. The lowest BCUT2D eigenvalue weighted by atomic mass is 9.98. The lowest BCUT2D eigenvalue weighted by Crippen LogP contribution is -2.01. The molecule has 0 bridgehead atoms. The highest BCUT2D eigenvalue weighted by atomic mass is 16.5. The van der Waals surface area contributed by atoms with Crippen LogP contribution < -0.4 is 4.74 Å². The van der Waals surface area contributed by atoms with Gasteiger partial charge in [0.2, 0.25) is 0 Å². The van der Waals surface area contributed by atoms with Gasteiger partial charge in [0, 0.05) is 5.92 Å². The molecule has 1 radical (unpaired) electrons. The molecule has 0 heterocycles. The van der Waals surface area contributed by atoms with Crippen LogP contribution in [0.2, 0.25) is 0 Å². The van der Waals surface area contributed by atoms with Crippen molar-refractivity contribution >= 4 is 0 Å². The van der Waals surface area contributed by atoms with Crippen LogP contribution in [0.4, 0.5) is 0 Å². The minimum absolute atomic E-state index is 0.0935. The Morgan fingerprint density at radius 1 is 1.40 bits per heavy atom. The van der Waals surface area contributed by atoms with E-state index in [1.54, 1.807) is 7.11 Å². The molecule has 2 heteroatoms. The number of aliphatic hydroxyl groups is 1. The van der Waals surface area contributed by atoms with E-state index in [2.05, 4.69) is 13.0 Å². The molecule has 83 valence electrons. The molecule has 1 rings (SSSR count). The first-order valence-corrected chi connectivity index (χ1v) is 5.33. The fraction of sp³-hybridized carbons (Fsp3) is 0.462. The van der Waals surface area contributed by atoms with Gasteiger partial charge in [-0.1, -0.05) is 32.4 Å². The fourth-order valence-corrected chi connectivity index (χ4v) is 1.58. The van der Waals surface area contributed by atoms with Gasteiger partial charge in [0.25, 0.3) is 0 Å². The molecule has 0 saturated carbocycles. The van der Waals surface area contributed by atoms with Gasteiger partial charge in [-0.2, -0.15) is 0 Å². The number of benzene rings is 1. The lowest BCUT2D eigenvalue weighted by Gasteiger charge is -2.12. The maximum Gasteiger partial charge on any atom is 0.122 e. The van der Waals surface area contributed by atoms with Gasteiger partial charge < -0.3 is 9.84 Å². The molecule has 1 aromatic carbocycles. The van der Waals surface area contributed by atoms with Gasteiger partial charge in [0.1, 0.15) is 5.75 Å². The molecule has 2 nitrogen and oxygen atoms in total. The molecule has 0 atom stereocenters. The Morgan fingerprint density at radius 3 is 2.67 bits per heavy atom. The molecule has 0 aliphatic heterocycles. The Morgan fingerprint density at radius 2 is 2.13 bits per heavy atom. The van der Waals surface area contributed by atoms with Crippen molar-refractivity contribution in [2.45, 2.75) is 26.7 Å². The first-order chi connectivity index (χ1) is 7.22. The Kier molecular flexibility index (Phi) is 4.63. The summed E-state index contributed by atoms with van der Waals surface area (Å²) in [5, 5.41) is 9.05. The van der Waals surface area contributed by atoms with Gasteiger partial charge in [-0.15, -0.1) is 0 Å². The van der Waals surface area contributed by atoms with E-state index in [-0.39, 0.29) is 6.61 Å². The van der Waals surface area contributed by atoms with Crippen molar-refractivity contribution in [1.82, 2.24) is 0 Å². The normalized spacial score (nSPS) is 10.7. The maximum atomic E-state index is 9.05. The summed E-state index contributed by atoms with van der Waals surface area (Å²) in [6.07, 6.45) is 2.14. The van der Waals surface area contributed by atoms with Crippen LogP contribution >= 0.6 is 0 Å². The number of aliphatic hydroxyl groups excluding tert-OH is 1. The Balaban J connectivity index is 2.96. The van der Waals surface area contributed by atoms with Crippen molar-refractivity contribution in [3.63, 3.8) is 0 Å². The Labute approximate surface area is 91.9 Å². The highest BCUT2D eigenvalue weighted by Gasteiger charge is 2.08. The molecule has 0 spiro atoms. The van der Waals surface area contributed by atoms with Crippen molar-refractivity contribution in [2.75, 3.05) is 13.7 Å². The second-order valence-electron chi connectivity index (χ2n) is 3.72. The van der Waals surface area contributed by atoms with E-state index in [1.165, 1.54) is 5.56 Å². The number of ether oxygens (including phenoxy) is 1. The lowest BCUT2D eigenvalue weighted by molar-refractivity contribution is 0.314. The van der Waals surface area contributed by atoms with E-state index in [0.717, 1.165) is 30.1 Å². The zero-order valence-corrected chi connectivity index (χ0v) is 9.71. The topological polar surface area (TPSA) is 29.5 Å². The second-order valence-corrected chi connectivity index (χ2v) is 3.72. The molecular weight excluding hydrogens is 188 g/mol. The van der Waals surface area contributed by atoms with Gasteiger partial charge in [-0.25, -0.2) is 0 Å². The minimum atomic E-state index is 0.0935. The van der Waals surface area contributed by atoms with E-state index < -0.39 is 0 Å². The SMILES string of the molecule is CCCc1ccc([C](C)CO)cc1OC. The van der Waals surface area contributed by atoms with Crippen LogP contribution in [-0.2, 0) is 6.42 Å². The zero-order chi connectivity index (χ0) is 11.3. The van der Waals surface area contributed by atoms with Crippen LogP contribution in [0, 0.1) is 5.92 Å². The molecule has 0 aromatic heterocycles. The molecule has 1 N–H and O–H groups in total. The smallest absolute Gasteiger partial charge is 0.122 e. The highest BCUT2D eigenvalue weighted by Crippen LogP contribution is 2.25. The molecule has 0 aliphatic rings. The van der Waals surface area contributed by atoms with Gasteiger partial charge in [-0.05, 0) is 23.6 Å². The highest BCUT2D eigenvalue weighted by molar-refractivity contribution is 5.42. The Bertz CT molecular complexity index is 307. The number of hydrogen-bond donors (Lipinski definition) is 1. The van der Waals surface area contributed by atoms with Crippen molar-refractivity contribution in [1.29, 1.82) is 0 Å². The van der Waals surface area contributed by atoms with Crippen molar-refractivity contribution in [3.05, 3.63) is 35.2 Å². The van der Waals surface area contributed by atoms with Gasteiger partial charge >= 0.3 is 0 Å². The summed E-state index contributed by atoms with van der Waals surface area (Å²) in [6.45, 7) is 4.17. The van der Waals surface area contributed by atoms with Gasteiger partial charge in [0.15, 0.2) is 0 Å². The summed E-state index contributed by atoms with van der Waals surface area (Å²) >= 11 is 0. The van der Waals surface area contributed by atoms with Crippen LogP contribution in [0.25, 0.3) is 0 Å². The second kappa shape index (κ2) is 5.76. The predicted octanol–water partition coefficient (Wildman–Crippen LogP) is 2.58. The van der Waals surface area contributed by atoms with E-state index in [1.807, 2.05) is 19.1 Å². The summed E-state index contributed by atoms with van der Waals surface area (Å²) in [4.78, 5) is 0. The summed E-state index contributed by atoms with van der Waals surface area (Å²) < 4.78 is 5.34. The summed E-state index contributed by atoms with van der Waals surface area (Å²) in [5.74, 6) is 1.89. The third-order valence-electron chi connectivity index (χ3n) is 2.54. The quantitative estimate of drug-likeness (QED) is 0.804. The molecule has 0 saturated heterocycles. The van der Waals surface area contributed by atoms with Crippen LogP contribution in [0.5, 0.6) is 5.75 Å². The largest absolute Gasteiger partial charge is 0.496 e. The standard InChI is InChI=1S/C13H19O2/c1-4-5-11-6-7-12(10(2)9-14)8-13(11)15-3/h6-8,14H,4-5,9H2,1-3H3. The van der Waals surface area contributed by atoms with Crippen LogP contribution in [0.3, 0.4) is 0 Å². The van der Waals surface area contributed by atoms with E-state index in [9.17, 15) is 0 Å². The van der Waals surface area contributed by atoms with Gasteiger partial charge in [0.05, 0.1) is 13.7 Å². The average Bonchev–Trinajstić information content (AvgIpc) is 2.29. The maximum absolute atomic E-state index is 9.05. The van der Waals surface area contributed by atoms with E-state index >= 15 is 0 Å². The fourth-order valence-electron chi connectivity index (χ4n) is 1.58. The Hall–Kier alpha value is -1.02. The molecule has 0 unspecified atom stereocenters. The minimum Gasteiger partial charge on any atom is -0.496 e. The van der Waals surface area contributed by atoms with Crippen molar-refractivity contribution < 1.29 is 9.84 Å². The molecule has 15 heavy (non-hydrogen) atoms. The first-order valence-electron chi connectivity index (χ1n) is 5.33. The number of hydrogen-bond acceptors (Lipinski definition) is 2. The summed E-state index contributed by atoms with van der Waals surface area (Å²) in [6, 6.07) is 6.12. The average molecular weight is 207 g/mol. The molecule has 0 aliphatic carbocycles. The molecule has 0 amide bonds. The number of methoxy groups -OCH3 is 1. The molecule has 1 aromatic rings. The zero-order valence-electron chi connectivity index (χ0n) is 9.71. The summed E-state index contributed by atoms with van der Waals surface area (Å²) in [7, 11) is 1.69. The third-order valence-corrected chi connectivity index (χ3v) is 2.54. The first kappa shape index (κ1) is 12.1. The van der Waals surface area contributed by atoms with Crippen molar-refractivity contribution in [2.24, 2.45) is 0 Å². The predicted molar refractivity (Wildman–Crippen MR) is 62.1 cm³/mol. The van der Waals surface area contributed by atoms with Crippen LogP contribution in [0.1, 0.15) is 31.4 Å². The van der Waals surface area contributed by atoms with Crippen LogP contribution in [0.15, 0.2) is 18.2 Å². The number of rotatable bonds is 5. The van der Waals surface area contributed by atoms with E-state index in [4.69, 9.17) is 9.84 Å².